The van der Waals surface area contributed by atoms with Crippen molar-refractivity contribution in [1.82, 2.24) is 0 Å². The van der Waals surface area contributed by atoms with Crippen LogP contribution in [0.2, 0.25) is 0 Å². The molecule has 1 rings (SSSR count). The molecule has 0 aromatic carbocycles. The molecule has 0 spiro atoms. The van der Waals surface area contributed by atoms with E-state index in [1.54, 1.807) is 0 Å². The largest absolute Gasteiger partial charge is 0.481 e. The highest BCUT2D eigenvalue weighted by Crippen LogP contribution is 2.47. The van der Waals surface area contributed by atoms with Gasteiger partial charge in [0.05, 0.1) is 5.41 Å². The second kappa shape index (κ2) is 6.74. The van der Waals surface area contributed by atoms with Crippen molar-refractivity contribution in [2.24, 2.45) is 16.7 Å². The Balaban J connectivity index is 2.39. The molecule has 3 heteroatoms. The lowest BCUT2D eigenvalue weighted by Crippen LogP contribution is -2.38. The summed E-state index contributed by atoms with van der Waals surface area (Å²) in [5, 5.41) is 9.55. The minimum Gasteiger partial charge on any atom is -0.481 e. The van der Waals surface area contributed by atoms with E-state index in [1.165, 1.54) is 0 Å². The molecule has 0 aromatic heterocycles. The third-order valence-corrected chi connectivity index (χ3v) is 4.58. The van der Waals surface area contributed by atoms with Crippen LogP contribution in [0.15, 0.2) is 0 Å². The highest BCUT2D eigenvalue weighted by molar-refractivity contribution is 5.74. The molecule has 0 atom stereocenters. The molecule has 1 N–H and O–H groups in total. The molecule has 112 valence electrons. The van der Waals surface area contributed by atoms with Crippen molar-refractivity contribution in [1.29, 1.82) is 0 Å². The highest BCUT2D eigenvalue weighted by atomic mass is 16.5. The monoisotopic (exact) mass is 270 g/mol. The highest BCUT2D eigenvalue weighted by Gasteiger charge is 2.43. The number of hydrogen-bond acceptors (Lipinski definition) is 2. The van der Waals surface area contributed by atoms with Gasteiger partial charge in [-0.1, -0.05) is 27.7 Å². The fourth-order valence-electron chi connectivity index (χ4n) is 2.66. The summed E-state index contributed by atoms with van der Waals surface area (Å²) in [5.74, 6) is 0.0133. The van der Waals surface area contributed by atoms with Gasteiger partial charge < -0.3 is 9.84 Å². The van der Waals surface area contributed by atoms with Gasteiger partial charge in [0.15, 0.2) is 0 Å². The van der Waals surface area contributed by atoms with E-state index in [1.807, 2.05) is 0 Å². The van der Waals surface area contributed by atoms with E-state index in [-0.39, 0.29) is 0 Å². The normalized spacial score (nSPS) is 21.5. The second-order valence-electron chi connectivity index (χ2n) is 7.29. The molecule has 1 aliphatic rings. The quantitative estimate of drug-likeness (QED) is 0.708. The summed E-state index contributed by atoms with van der Waals surface area (Å²) in [7, 11) is 0. The third kappa shape index (κ3) is 5.13. The molecular weight excluding hydrogens is 240 g/mol. The molecule has 0 amide bonds. The number of carboxylic acid groups (broad SMARTS) is 1. The molecule has 1 aliphatic carbocycles. The SMILES string of the molecule is CC(C)CCOCCC1(C(=O)O)CCC(C)(C)CC1. The van der Waals surface area contributed by atoms with Gasteiger partial charge in [-0.15, -0.1) is 0 Å². The van der Waals surface area contributed by atoms with Gasteiger partial charge in [-0.25, -0.2) is 0 Å². The van der Waals surface area contributed by atoms with Crippen LogP contribution < -0.4 is 0 Å². The predicted octanol–water partition coefficient (Wildman–Crippen LogP) is 4.11. The van der Waals surface area contributed by atoms with E-state index < -0.39 is 11.4 Å². The van der Waals surface area contributed by atoms with E-state index >= 15 is 0 Å². The molecule has 1 saturated carbocycles. The molecule has 19 heavy (non-hydrogen) atoms. The maximum atomic E-state index is 11.6. The second-order valence-corrected chi connectivity index (χ2v) is 7.29. The zero-order valence-corrected chi connectivity index (χ0v) is 13.0. The molecular formula is C16H30O3. The average Bonchev–Trinajstić information content (AvgIpc) is 2.30. The predicted molar refractivity (Wildman–Crippen MR) is 77.2 cm³/mol. The number of carboxylic acids is 1. The van der Waals surface area contributed by atoms with Crippen molar-refractivity contribution in [3.63, 3.8) is 0 Å². The van der Waals surface area contributed by atoms with Crippen molar-refractivity contribution >= 4 is 5.97 Å². The van der Waals surface area contributed by atoms with Gasteiger partial charge >= 0.3 is 5.97 Å². The topological polar surface area (TPSA) is 46.5 Å². The number of rotatable bonds is 7. The maximum absolute atomic E-state index is 11.6. The van der Waals surface area contributed by atoms with E-state index in [9.17, 15) is 9.90 Å². The van der Waals surface area contributed by atoms with Gasteiger partial charge in [-0.3, -0.25) is 4.79 Å². The van der Waals surface area contributed by atoms with Gasteiger partial charge in [0.25, 0.3) is 0 Å². The van der Waals surface area contributed by atoms with Gasteiger partial charge in [0, 0.05) is 13.2 Å². The Hall–Kier alpha value is -0.570. The number of hydrogen-bond donors (Lipinski definition) is 1. The van der Waals surface area contributed by atoms with Crippen LogP contribution in [0.4, 0.5) is 0 Å². The average molecular weight is 270 g/mol. The van der Waals surface area contributed by atoms with Crippen LogP contribution in [-0.4, -0.2) is 24.3 Å². The van der Waals surface area contributed by atoms with E-state index in [4.69, 9.17) is 4.74 Å². The van der Waals surface area contributed by atoms with Gasteiger partial charge in [0.2, 0.25) is 0 Å². The van der Waals surface area contributed by atoms with Crippen LogP contribution >= 0.6 is 0 Å². The van der Waals surface area contributed by atoms with Crippen molar-refractivity contribution in [3.8, 4) is 0 Å². The summed E-state index contributed by atoms with van der Waals surface area (Å²) in [4.78, 5) is 11.6. The summed E-state index contributed by atoms with van der Waals surface area (Å²) < 4.78 is 5.61. The first kappa shape index (κ1) is 16.5. The van der Waals surface area contributed by atoms with E-state index in [2.05, 4.69) is 27.7 Å². The Morgan fingerprint density at radius 2 is 1.74 bits per heavy atom. The van der Waals surface area contributed by atoms with Gasteiger partial charge in [-0.2, -0.15) is 0 Å². The summed E-state index contributed by atoms with van der Waals surface area (Å²) in [6.07, 6.45) is 5.31. The van der Waals surface area contributed by atoms with Crippen molar-refractivity contribution in [2.75, 3.05) is 13.2 Å². The molecule has 0 aromatic rings. The van der Waals surface area contributed by atoms with Crippen LogP contribution in [0, 0.1) is 16.7 Å². The number of carbonyl (C=O) groups is 1. The van der Waals surface area contributed by atoms with Crippen LogP contribution in [0.1, 0.15) is 66.2 Å². The molecule has 0 saturated heterocycles. The Kier molecular flexibility index (Phi) is 5.84. The molecule has 0 unspecified atom stereocenters. The van der Waals surface area contributed by atoms with E-state index in [0.29, 0.717) is 24.4 Å². The molecule has 0 heterocycles. The molecule has 0 radical (unpaired) electrons. The number of aliphatic carboxylic acids is 1. The Labute approximate surface area is 117 Å². The van der Waals surface area contributed by atoms with Crippen LogP contribution in [-0.2, 0) is 9.53 Å². The molecule has 1 fully saturated rings. The maximum Gasteiger partial charge on any atom is 0.309 e. The lowest BCUT2D eigenvalue weighted by molar-refractivity contribution is -0.154. The zero-order valence-electron chi connectivity index (χ0n) is 13.0. The Bertz CT molecular complexity index is 284. The Morgan fingerprint density at radius 3 is 2.21 bits per heavy atom. The summed E-state index contributed by atoms with van der Waals surface area (Å²) in [6.45, 7) is 10.1. The zero-order chi connectivity index (χ0) is 14.5. The number of ether oxygens (including phenoxy) is 1. The van der Waals surface area contributed by atoms with Gasteiger partial charge in [0.1, 0.15) is 0 Å². The van der Waals surface area contributed by atoms with Gasteiger partial charge in [-0.05, 0) is 49.9 Å². The van der Waals surface area contributed by atoms with E-state index in [0.717, 1.165) is 38.7 Å². The van der Waals surface area contributed by atoms with Crippen molar-refractivity contribution < 1.29 is 14.6 Å². The summed E-state index contributed by atoms with van der Waals surface area (Å²) >= 11 is 0. The first-order valence-electron chi connectivity index (χ1n) is 7.59. The fourth-order valence-corrected chi connectivity index (χ4v) is 2.66. The van der Waals surface area contributed by atoms with Crippen LogP contribution in [0.3, 0.4) is 0 Å². The molecule has 3 nitrogen and oxygen atoms in total. The van der Waals surface area contributed by atoms with Crippen LogP contribution in [0.5, 0.6) is 0 Å². The smallest absolute Gasteiger partial charge is 0.309 e. The lowest BCUT2D eigenvalue weighted by atomic mass is 9.64. The minimum absolute atomic E-state index is 0.303. The first-order chi connectivity index (χ1) is 8.77. The van der Waals surface area contributed by atoms with Crippen LogP contribution in [0.25, 0.3) is 0 Å². The summed E-state index contributed by atoms with van der Waals surface area (Å²) in [5.41, 5.74) is -0.231. The lowest BCUT2D eigenvalue weighted by Gasteiger charge is -2.40. The fraction of sp³-hybridized carbons (Fsp3) is 0.938. The molecule has 0 aliphatic heterocycles. The molecule has 0 bridgehead atoms. The first-order valence-corrected chi connectivity index (χ1v) is 7.59. The summed E-state index contributed by atoms with van der Waals surface area (Å²) in [6, 6.07) is 0. The minimum atomic E-state index is -0.629. The van der Waals surface area contributed by atoms with Crippen molar-refractivity contribution in [2.45, 2.75) is 66.2 Å². The standard InChI is InChI=1S/C16H30O3/c1-13(2)5-11-19-12-10-16(14(17)18)8-6-15(3,4)7-9-16/h13H,5-12H2,1-4H3,(H,17,18). The van der Waals surface area contributed by atoms with Crippen molar-refractivity contribution in [3.05, 3.63) is 0 Å². The third-order valence-electron chi connectivity index (χ3n) is 4.58. The Morgan fingerprint density at radius 1 is 1.16 bits per heavy atom.